The average Bonchev–Trinajstić information content (AvgIpc) is 3.30. The molecule has 3 aromatic rings. The number of nitrogens with one attached hydrogen (secondary N) is 1. The third-order valence-electron chi connectivity index (χ3n) is 4.89. The number of rotatable bonds is 10. The van der Waals surface area contributed by atoms with E-state index in [1.807, 2.05) is 13.0 Å². The number of anilines is 1. The minimum atomic E-state index is -4.01. The van der Waals surface area contributed by atoms with Crippen LogP contribution in [0.2, 0.25) is 5.02 Å². The Kier molecular flexibility index (Phi) is 7.84. The van der Waals surface area contributed by atoms with E-state index in [1.54, 1.807) is 36.6 Å². The van der Waals surface area contributed by atoms with Crippen LogP contribution in [0.1, 0.15) is 23.0 Å². The summed E-state index contributed by atoms with van der Waals surface area (Å²) in [5.74, 6) is 0.851. The van der Waals surface area contributed by atoms with Gasteiger partial charge in [0.15, 0.2) is 0 Å². The molecule has 1 unspecified atom stereocenters. The Bertz CT molecular complexity index is 1210. The molecule has 174 valence electrons. The van der Waals surface area contributed by atoms with Crippen molar-refractivity contribution in [1.82, 2.24) is 5.32 Å². The lowest BCUT2D eigenvalue weighted by Crippen LogP contribution is -2.35. The van der Waals surface area contributed by atoms with Gasteiger partial charge in [-0.25, -0.2) is 8.42 Å². The van der Waals surface area contributed by atoms with E-state index in [4.69, 9.17) is 20.8 Å². The molecule has 0 saturated heterocycles. The van der Waals surface area contributed by atoms with Crippen LogP contribution in [0.5, 0.6) is 5.75 Å². The molecule has 9 heteroatoms. The van der Waals surface area contributed by atoms with Crippen LogP contribution in [0.3, 0.4) is 0 Å². The number of carbonyl (C=O) groups is 1. The van der Waals surface area contributed by atoms with Gasteiger partial charge in [0, 0.05) is 12.5 Å². The molecule has 7 nitrogen and oxygen atoms in total. The van der Waals surface area contributed by atoms with E-state index in [1.165, 1.54) is 35.7 Å². The summed E-state index contributed by atoms with van der Waals surface area (Å²) < 4.78 is 38.6. The Balaban J connectivity index is 1.88. The quantitative estimate of drug-likeness (QED) is 0.418. The van der Waals surface area contributed by atoms with Crippen molar-refractivity contribution >= 4 is 33.2 Å². The number of ether oxygens (including phenoxy) is 1. The number of carbonyl (C=O) groups excluding carboxylic acids is 1. The average molecular weight is 489 g/mol. The van der Waals surface area contributed by atoms with Gasteiger partial charge in [-0.05, 0) is 61.5 Å². The minimum absolute atomic E-state index is 0.0407. The molecular formula is C24H25ClN2O5S. The van der Waals surface area contributed by atoms with E-state index in [-0.39, 0.29) is 28.1 Å². The Morgan fingerprint density at radius 3 is 2.58 bits per heavy atom. The second-order valence-electron chi connectivity index (χ2n) is 7.32. The Hall–Kier alpha value is -3.23. The molecule has 3 rings (SSSR count). The van der Waals surface area contributed by atoms with Gasteiger partial charge in [-0.2, -0.15) is 0 Å². The van der Waals surface area contributed by atoms with Crippen LogP contribution >= 0.6 is 11.6 Å². The number of nitrogens with zero attached hydrogens (tertiary/aromatic N) is 1. The topological polar surface area (TPSA) is 88.8 Å². The van der Waals surface area contributed by atoms with Crippen molar-refractivity contribution in [2.45, 2.75) is 24.3 Å². The predicted octanol–water partition coefficient (Wildman–Crippen LogP) is 4.68. The fourth-order valence-corrected chi connectivity index (χ4v) is 4.92. The molecule has 1 amide bonds. The SMILES string of the molecule is C=CCN(c1ccc(OC)cc1)S(=O)(=O)c1ccc(Cl)c(C(=O)NC(C)Cc2ccco2)c1. The predicted molar refractivity (Wildman–Crippen MR) is 129 cm³/mol. The van der Waals surface area contributed by atoms with Crippen LogP contribution in [0.4, 0.5) is 5.69 Å². The standard InChI is InChI=1S/C24H25ClN2O5S/c1-4-13-27(18-7-9-19(31-3)10-8-18)33(29,30)21-11-12-23(25)22(16-21)24(28)26-17(2)15-20-6-5-14-32-20/h4-12,14,16-17H,1,13,15H2,2-3H3,(H,26,28). The van der Waals surface area contributed by atoms with Crippen molar-refractivity contribution in [2.24, 2.45) is 0 Å². The lowest BCUT2D eigenvalue weighted by molar-refractivity contribution is 0.0939. The second-order valence-corrected chi connectivity index (χ2v) is 9.59. The number of hydrogen-bond acceptors (Lipinski definition) is 5. The number of halogens is 1. The van der Waals surface area contributed by atoms with Gasteiger partial charge in [-0.15, -0.1) is 6.58 Å². The zero-order valence-corrected chi connectivity index (χ0v) is 19.9. The summed E-state index contributed by atoms with van der Waals surface area (Å²) in [7, 11) is -2.48. The van der Waals surface area contributed by atoms with Crippen molar-refractivity contribution in [1.29, 1.82) is 0 Å². The normalized spacial score (nSPS) is 12.1. The molecule has 33 heavy (non-hydrogen) atoms. The van der Waals surface area contributed by atoms with E-state index < -0.39 is 15.9 Å². The highest BCUT2D eigenvalue weighted by Gasteiger charge is 2.26. The van der Waals surface area contributed by atoms with Crippen LogP contribution in [0.15, 0.2) is 82.8 Å². The number of methoxy groups -OCH3 is 1. The molecule has 0 radical (unpaired) electrons. The van der Waals surface area contributed by atoms with E-state index in [0.717, 1.165) is 5.76 Å². The van der Waals surface area contributed by atoms with E-state index in [9.17, 15) is 13.2 Å². The molecule has 0 fully saturated rings. The number of hydrogen-bond donors (Lipinski definition) is 1. The number of furan rings is 1. The van der Waals surface area contributed by atoms with Crippen LogP contribution in [0.25, 0.3) is 0 Å². The zero-order chi connectivity index (χ0) is 24.0. The summed E-state index contributed by atoms with van der Waals surface area (Å²) in [6, 6.07) is 14.0. The third kappa shape index (κ3) is 5.77. The largest absolute Gasteiger partial charge is 0.497 e. The van der Waals surface area contributed by atoms with Gasteiger partial charge in [0.05, 0.1) is 41.1 Å². The molecule has 2 aromatic carbocycles. The van der Waals surface area contributed by atoms with Crippen LogP contribution in [0, 0.1) is 0 Å². The Labute approximate surface area is 198 Å². The summed E-state index contributed by atoms with van der Waals surface area (Å²) in [5, 5.41) is 2.98. The molecule has 0 aliphatic carbocycles. The highest BCUT2D eigenvalue weighted by molar-refractivity contribution is 7.92. The second kappa shape index (κ2) is 10.6. The highest BCUT2D eigenvalue weighted by Crippen LogP contribution is 2.28. The number of benzene rings is 2. The van der Waals surface area contributed by atoms with Crippen LogP contribution < -0.4 is 14.4 Å². The molecule has 0 saturated carbocycles. The van der Waals surface area contributed by atoms with Gasteiger partial charge in [-0.3, -0.25) is 9.10 Å². The first-order valence-corrected chi connectivity index (χ1v) is 12.0. The summed E-state index contributed by atoms with van der Waals surface area (Å²) in [4.78, 5) is 12.8. The maximum Gasteiger partial charge on any atom is 0.264 e. The van der Waals surface area contributed by atoms with Crippen molar-refractivity contribution in [3.63, 3.8) is 0 Å². The van der Waals surface area contributed by atoms with Crippen molar-refractivity contribution in [3.05, 3.63) is 89.9 Å². The van der Waals surface area contributed by atoms with Crippen molar-refractivity contribution in [3.8, 4) is 5.75 Å². The monoisotopic (exact) mass is 488 g/mol. The van der Waals surface area contributed by atoms with Crippen molar-refractivity contribution in [2.75, 3.05) is 18.0 Å². The molecule has 0 aliphatic rings. The Morgan fingerprint density at radius 1 is 1.24 bits per heavy atom. The summed E-state index contributed by atoms with van der Waals surface area (Å²) in [6.07, 6.45) is 3.54. The highest BCUT2D eigenvalue weighted by atomic mass is 35.5. The van der Waals surface area contributed by atoms with Gasteiger partial charge >= 0.3 is 0 Å². The van der Waals surface area contributed by atoms with Gasteiger partial charge in [-0.1, -0.05) is 17.7 Å². The van der Waals surface area contributed by atoms with Crippen LogP contribution in [-0.4, -0.2) is 34.0 Å². The summed E-state index contributed by atoms with van der Waals surface area (Å²) >= 11 is 6.24. The molecule has 0 aliphatic heterocycles. The molecule has 1 aromatic heterocycles. The molecule has 1 N–H and O–H groups in total. The minimum Gasteiger partial charge on any atom is -0.497 e. The first-order chi connectivity index (χ1) is 15.8. The van der Waals surface area contributed by atoms with Gasteiger partial charge in [0.25, 0.3) is 15.9 Å². The lowest BCUT2D eigenvalue weighted by atomic mass is 10.1. The molecule has 0 spiro atoms. The molecule has 1 heterocycles. The van der Waals surface area contributed by atoms with E-state index in [0.29, 0.717) is 17.9 Å². The fraction of sp³-hybridized carbons (Fsp3) is 0.208. The summed E-state index contributed by atoms with van der Waals surface area (Å²) in [6.45, 7) is 5.53. The maximum atomic E-state index is 13.5. The van der Waals surface area contributed by atoms with Crippen molar-refractivity contribution < 1.29 is 22.4 Å². The molecule has 0 bridgehead atoms. The smallest absolute Gasteiger partial charge is 0.264 e. The van der Waals surface area contributed by atoms with E-state index >= 15 is 0 Å². The first kappa shape index (κ1) is 24.4. The van der Waals surface area contributed by atoms with Crippen LogP contribution in [-0.2, 0) is 16.4 Å². The van der Waals surface area contributed by atoms with Gasteiger partial charge in [0.1, 0.15) is 11.5 Å². The molecule has 1 atom stereocenters. The maximum absolute atomic E-state index is 13.5. The van der Waals surface area contributed by atoms with Gasteiger partial charge in [0.2, 0.25) is 0 Å². The molecular weight excluding hydrogens is 464 g/mol. The third-order valence-corrected chi connectivity index (χ3v) is 7.01. The Morgan fingerprint density at radius 2 is 1.97 bits per heavy atom. The lowest BCUT2D eigenvalue weighted by Gasteiger charge is -2.24. The summed E-state index contributed by atoms with van der Waals surface area (Å²) in [5.41, 5.74) is 0.501. The first-order valence-electron chi connectivity index (χ1n) is 10.2. The number of sulfonamides is 1. The van der Waals surface area contributed by atoms with E-state index in [2.05, 4.69) is 11.9 Å². The van der Waals surface area contributed by atoms with Gasteiger partial charge < -0.3 is 14.5 Å². The number of amides is 1. The fourth-order valence-electron chi connectivity index (χ4n) is 3.26. The zero-order valence-electron chi connectivity index (χ0n) is 18.3.